The standard InChI is InChI=1S/Mg.NO3.Na.H3O4P/c;2-1(3)4;;1-5(2,3)4/h;;;(H3,1,2,3,4)/q+2;-1;+1;/p-2. The van der Waals surface area contributed by atoms with Crippen molar-refractivity contribution in [2.24, 2.45) is 0 Å². The number of hydrogen-bond acceptors (Lipinski definition) is 6. The SMILES string of the molecule is O=P([O-])([O-])O.O=[N+]([O-])[O-].[Mg+2].[Na+]. The molecule has 56 valence electrons. The maximum atomic E-state index is 8.66. The van der Waals surface area contributed by atoms with Gasteiger partial charge in [-0.3, -0.25) is 0 Å². The van der Waals surface area contributed by atoms with Crippen molar-refractivity contribution >= 4 is 30.9 Å². The first-order chi connectivity index (χ1) is 3.73. The van der Waals surface area contributed by atoms with Crippen molar-refractivity contribution in [3.8, 4) is 0 Å². The summed E-state index contributed by atoms with van der Waals surface area (Å²) in [6.45, 7) is 0. The van der Waals surface area contributed by atoms with Crippen LogP contribution < -0.4 is 39.3 Å². The van der Waals surface area contributed by atoms with Gasteiger partial charge in [0.15, 0.2) is 0 Å². The van der Waals surface area contributed by atoms with Crippen molar-refractivity contribution in [1.29, 1.82) is 0 Å². The largest absolute Gasteiger partial charge is 2.00 e. The molecule has 0 fully saturated rings. The fraction of sp³-hybridized carbons (Fsp3) is 0. The molecular formula is HMgNNaO7P. The van der Waals surface area contributed by atoms with Crippen molar-refractivity contribution < 1.29 is 53.9 Å². The van der Waals surface area contributed by atoms with E-state index in [1.165, 1.54) is 0 Å². The van der Waals surface area contributed by atoms with Crippen LogP contribution in [-0.4, -0.2) is 33.0 Å². The fourth-order valence-corrected chi connectivity index (χ4v) is 0. The normalized spacial score (nSPS) is 7.55. The van der Waals surface area contributed by atoms with Gasteiger partial charge in [-0.15, -0.1) is 0 Å². The molecule has 0 aromatic rings. The van der Waals surface area contributed by atoms with Crippen molar-refractivity contribution in [2.75, 3.05) is 0 Å². The Morgan fingerprint density at radius 2 is 1.27 bits per heavy atom. The third-order valence-corrected chi connectivity index (χ3v) is 0. The van der Waals surface area contributed by atoms with Crippen LogP contribution in [0, 0.1) is 15.3 Å². The molecular weight excluding hydrogens is 204 g/mol. The molecule has 0 spiro atoms. The van der Waals surface area contributed by atoms with Crippen LogP contribution in [0.25, 0.3) is 0 Å². The Balaban J connectivity index is -0.0000000383. The van der Waals surface area contributed by atoms with Gasteiger partial charge < -0.3 is 34.6 Å². The molecule has 0 aromatic heterocycles. The smallest absolute Gasteiger partial charge is 0.790 e. The summed E-state index contributed by atoms with van der Waals surface area (Å²) in [6, 6.07) is 0. The average Bonchev–Trinajstić information content (AvgIpc) is 1.19. The van der Waals surface area contributed by atoms with E-state index in [0.717, 1.165) is 0 Å². The topological polar surface area (TPSA) is 150 Å². The van der Waals surface area contributed by atoms with Crippen LogP contribution in [0.1, 0.15) is 0 Å². The van der Waals surface area contributed by atoms with Gasteiger partial charge in [-0.25, -0.2) is 0 Å². The summed E-state index contributed by atoms with van der Waals surface area (Å²) in [6.07, 6.45) is 0. The predicted molar refractivity (Wildman–Crippen MR) is 25.9 cm³/mol. The van der Waals surface area contributed by atoms with Crippen molar-refractivity contribution in [2.45, 2.75) is 0 Å². The predicted octanol–water partition coefficient (Wildman–Crippen LogP) is -5.81. The van der Waals surface area contributed by atoms with Gasteiger partial charge in [0, 0.05) is 0 Å². The molecule has 11 heavy (non-hydrogen) atoms. The first-order valence-electron chi connectivity index (χ1n) is 1.30. The van der Waals surface area contributed by atoms with Crippen molar-refractivity contribution in [1.82, 2.24) is 0 Å². The van der Waals surface area contributed by atoms with Gasteiger partial charge in [-0.1, -0.05) is 0 Å². The quantitative estimate of drug-likeness (QED) is 0.179. The van der Waals surface area contributed by atoms with E-state index in [4.69, 9.17) is 34.6 Å². The molecule has 0 unspecified atom stereocenters. The minimum Gasteiger partial charge on any atom is -0.790 e. The van der Waals surface area contributed by atoms with Crippen LogP contribution in [0.2, 0.25) is 0 Å². The zero-order valence-corrected chi connectivity index (χ0v) is 9.81. The third kappa shape index (κ3) is 788. The maximum Gasteiger partial charge on any atom is 2.00 e. The zero-order chi connectivity index (χ0) is 8.08. The molecule has 0 saturated carbocycles. The van der Waals surface area contributed by atoms with Gasteiger partial charge in [0.2, 0.25) is 0 Å². The van der Waals surface area contributed by atoms with E-state index in [0.29, 0.717) is 0 Å². The molecule has 0 aliphatic carbocycles. The van der Waals surface area contributed by atoms with Gasteiger partial charge in [0.05, 0.1) is 12.9 Å². The summed E-state index contributed by atoms with van der Waals surface area (Å²) >= 11 is 0. The fourth-order valence-electron chi connectivity index (χ4n) is 0. The minimum absolute atomic E-state index is 0. The van der Waals surface area contributed by atoms with Gasteiger partial charge in [-0.2, -0.15) is 0 Å². The summed E-state index contributed by atoms with van der Waals surface area (Å²) in [5.74, 6) is 0. The average molecular weight is 205 g/mol. The summed E-state index contributed by atoms with van der Waals surface area (Å²) in [5.41, 5.74) is 0. The zero-order valence-electron chi connectivity index (χ0n) is 5.50. The van der Waals surface area contributed by atoms with E-state index in [9.17, 15) is 0 Å². The Morgan fingerprint density at radius 1 is 1.27 bits per heavy atom. The first kappa shape index (κ1) is 22.7. The Kier molecular flexibility index (Phi) is 22.9. The molecule has 0 aromatic carbocycles. The molecule has 0 heterocycles. The molecule has 0 aliphatic heterocycles. The summed E-state index contributed by atoms with van der Waals surface area (Å²) in [7, 11) is -5.14. The van der Waals surface area contributed by atoms with E-state index in [1.54, 1.807) is 0 Å². The molecule has 0 atom stereocenters. The molecule has 11 heteroatoms. The van der Waals surface area contributed by atoms with Crippen LogP contribution >= 0.6 is 7.82 Å². The van der Waals surface area contributed by atoms with Gasteiger partial charge in [-0.05, 0) is 0 Å². The van der Waals surface area contributed by atoms with Crippen LogP contribution in [-0.2, 0) is 4.57 Å². The van der Waals surface area contributed by atoms with Crippen LogP contribution in [0.15, 0.2) is 0 Å². The Bertz CT molecular complexity index is 118. The second-order valence-corrected chi connectivity index (χ2v) is 1.63. The molecule has 0 bridgehead atoms. The second kappa shape index (κ2) is 11.1. The van der Waals surface area contributed by atoms with E-state index in [-0.39, 0.29) is 52.6 Å². The second-order valence-electron chi connectivity index (χ2n) is 0.692. The summed E-state index contributed by atoms with van der Waals surface area (Å²) in [5, 5.41) is 14.8. The molecule has 0 aliphatic rings. The minimum atomic E-state index is -5.14. The Hall–Kier alpha value is 1.08. The number of phosphoric acid groups is 1. The Morgan fingerprint density at radius 3 is 1.27 bits per heavy atom. The molecule has 0 rings (SSSR count). The van der Waals surface area contributed by atoms with Crippen LogP contribution in [0.5, 0.6) is 0 Å². The monoisotopic (exact) mass is 205 g/mol. The van der Waals surface area contributed by atoms with E-state index in [1.807, 2.05) is 0 Å². The van der Waals surface area contributed by atoms with Gasteiger partial charge >= 0.3 is 52.6 Å². The van der Waals surface area contributed by atoms with E-state index < -0.39 is 12.9 Å². The molecule has 1 N–H and O–H groups in total. The number of rotatable bonds is 0. The molecule has 0 radical (unpaired) electrons. The van der Waals surface area contributed by atoms with Crippen molar-refractivity contribution in [3.05, 3.63) is 15.3 Å². The van der Waals surface area contributed by atoms with Crippen LogP contribution in [0.4, 0.5) is 0 Å². The first-order valence-corrected chi connectivity index (χ1v) is 2.79. The summed E-state index contributed by atoms with van der Waals surface area (Å²) in [4.78, 5) is 32.5. The Labute approximate surface area is 99.4 Å². The van der Waals surface area contributed by atoms with E-state index >= 15 is 0 Å². The molecule has 0 saturated heterocycles. The van der Waals surface area contributed by atoms with Crippen LogP contribution in [0.3, 0.4) is 0 Å². The third-order valence-electron chi connectivity index (χ3n) is 0. The van der Waals surface area contributed by atoms with Gasteiger partial charge in [0.25, 0.3) is 0 Å². The molecule has 0 amide bonds. The van der Waals surface area contributed by atoms with Gasteiger partial charge in [0.1, 0.15) is 0 Å². The maximum absolute atomic E-state index is 8.66. The van der Waals surface area contributed by atoms with E-state index in [2.05, 4.69) is 0 Å². The number of hydrogen-bond donors (Lipinski definition) is 1. The summed E-state index contributed by atoms with van der Waals surface area (Å²) < 4.78 is 8.66. The van der Waals surface area contributed by atoms with Crippen molar-refractivity contribution in [3.63, 3.8) is 0 Å². The molecule has 8 nitrogen and oxygen atoms in total. The number of nitrogens with zero attached hydrogens (tertiary/aromatic N) is 1.